The number of azide groups is 1. The van der Waals surface area contributed by atoms with Gasteiger partial charge in [0.1, 0.15) is 11.6 Å². The van der Waals surface area contributed by atoms with E-state index in [-0.39, 0.29) is 6.54 Å². The molecule has 27 heavy (non-hydrogen) atoms. The molecule has 0 aromatic heterocycles. The highest BCUT2D eigenvalue weighted by atomic mass is 16.6. The molecule has 0 radical (unpaired) electrons. The Bertz CT molecular complexity index is 724. The van der Waals surface area contributed by atoms with E-state index in [9.17, 15) is 4.79 Å². The van der Waals surface area contributed by atoms with Crippen LogP contribution in [-0.4, -0.2) is 29.1 Å². The highest BCUT2D eigenvalue weighted by molar-refractivity contribution is 5.76. The number of esters is 1. The van der Waals surface area contributed by atoms with E-state index >= 15 is 0 Å². The van der Waals surface area contributed by atoms with E-state index in [1.54, 1.807) is 20.8 Å². The molecule has 0 amide bonds. The molecule has 0 aliphatic carbocycles. The molecular formula is C21H26N4O2. The summed E-state index contributed by atoms with van der Waals surface area (Å²) in [6.07, 6.45) is 0. The molecule has 0 heterocycles. The fraction of sp³-hybridized carbons (Fsp3) is 0.381. The SMILES string of the molecule is CC(C)(C)OC(=O)[C@H](CN(Cc1ccccc1)Cc1ccccc1)N=[N+]=[N-]. The maximum Gasteiger partial charge on any atom is 0.316 e. The second kappa shape index (κ2) is 9.76. The summed E-state index contributed by atoms with van der Waals surface area (Å²) in [7, 11) is 0. The lowest BCUT2D eigenvalue weighted by molar-refractivity contribution is -0.157. The van der Waals surface area contributed by atoms with Crippen molar-refractivity contribution in [1.29, 1.82) is 0 Å². The van der Waals surface area contributed by atoms with Crippen molar-refractivity contribution in [3.05, 3.63) is 82.2 Å². The van der Waals surface area contributed by atoms with Crippen molar-refractivity contribution in [2.24, 2.45) is 5.11 Å². The van der Waals surface area contributed by atoms with Crippen molar-refractivity contribution in [3.63, 3.8) is 0 Å². The number of nitrogens with zero attached hydrogens (tertiary/aromatic N) is 4. The standard InChI is InChI=1S/C21H26N4O2/c1-21(2,3)27-20(26)19(23-24-22)16-25(14-17-10-6-4-7-11-17)15-18-12-8-5-9-13-18/h4-13,19H,14-16H2,1-3H3/t19-/m0/s1. The lowest BCUT2D eigenvalue weighted by atomic mass is 10.1. The molecule has 0 unspecified atom stereocenters. The van der Waals surface area contributed by atoms with Gasteiger partial charge in [0.15, 0.2) is 0 Å². The minimum atomic E-state index is -0.901. The molecule has 142 valence electrons. The van der Waals surface area contributed by atoms with Crippen LogP contribution in [0, 0.1) is 0 Å². The Hall–Kier alpha value is -2.82. The third-order valence-corrected chi connectivity index (χ3v) is 3.80. The molecule has 0 N–H and O–H groups in total. The first-order valence-electron chi connectivity index (χ1n) is 8.94. The van der Waals surface area contributed by atoms with Crippen molar-refractivity contribution in [3.8, 4) is 0 Å². The van der Waals surface area contributed by atoms with Crippen LogP contribution in [0.25, 0.3) is 10.4 Å². The molecule has 2 rings (SSSR count). The Kier molecular flexibility index (Phi) is 7.41. The molecule has 0 saturated carbocycles. The van der Waals surface area contributed by atoms with Crippen molar-refractivity contribution in [2.45, 2.75) is 45.5 Å². The zero-order valence-electron chi connectivity index (χ0n) is 16.1. The van der Waals surface area contributed by atoms with Crippen LogP contribution in [0.15, 0.2) is 65.8 Å². The van der Waals surface area contributed by atoms with Crippen LogP contribution in [0.2, 0.25) is 0 Å². The van der Waals surface area contributed by atoms with Crippen molar-refractivity contribution >= 4 is 5.97 Å². The van der Waals surface area contributed by atoms with Gasteiger partial charge in [-0.15, -0.1) is 0 Å². The molecule has 0 aliphatic rings. The van der Waals surface area contributed by atoms with Crippen LogP contribution < -0.4 is 0 Å². The minimum absolute atomic E-state index is 0.281. The van der Waals surface area contributed by atoms with Gasteiger partial charge in [0.25, 0.3) is 0 Å². The third kappa shape index (κ3) is 7.52. The largest absolute Gasteiger partial charge is 0.460 e. The zero-order valence-corrected chi connectivity index (χ0v) is 16.1. The molecule has 6 heteroatoms. The summed E-state index contributed by atoms with van der Waals surface area (Å²) >= 11 is 0. The van der Waals surface area contributed by atoms with Gasteiger partial charge in [-0.05, 0) is 37.4 Å². The van der Waals surface area contributed by atoms with E-state index in [0.717, 1.165) is 11.1 Å². The Morgan fingerprint density at radius 3 is 1.93 bits per heavy atom. The summed E-state index contributed by atoms with van der Waals surface area (Å²) in [4.78, 5) is 17.4. The van der Waals surface area contributed by atoms with Crippen LogP contribution in [0.1, 0.15) is 31.9 Å². The smallest absolute Gasteiger partial charge is 0.316 e. The first-order chi connectivity index (χ1) is 12.9. The summed E-state index contributed by atoms with van der Waals surface area (Å²) < 4.78 is 5.42. The summed E-state index contributed by atoms with van der Waals surface area (Å²) in [5, 5.41) is 3.70. The fourth-order valence-corrected chi connectivity index (χ4v) is 2.70. The van der Waals surface area contributed by atoms with Gasteiger partial charge in [-0.2, -0.15) is 0 Å². The summed E-state index contributed by atoms with van der Waals surface area (Å²) in [5.74, 6) is -0.508. The molecule has 0 spiro atoms. The maximum atomic E-state index is 12.5. The first kappa shape index (κ1) is 20.5. The van der Waals surface area contributed by atoms with Gasteiger partial charge in [0.2, 0.25) is 0 Å². The van der Waals surface area contributed by atoms with Crippen LogP contribution in [0.3, 0.4) is 0 Å². The molecule has 0 saturated heterocycles. The maximum absolute atomic E-state index is 12.5. The average molecular weight is 366 g/mol. The van der Waals surface area contributed by atoms with E-state index in [1.165, 1.54) is 0 Å². The van der Waals surface area contributed by atoms with Crippen LogP contribution >= 0.6 is 0 Å². The van der Waals surface area contributed by atoms with Gasteiger partial charge >= 0.3 is 5.97 Å². The van der Waals surface area contributed by atoms with Gasteiger partial charge in [0, 0.05) is 24.5 Å². The summed E-state index contributed by atoms with van der Waals surface area (Å²) in [6, 6.07) is 19.1. The van der Waals surface area contributed by atoms with Crippen LogP contribution in [0.4, 0.5) is 0 Å². The number of rotatable bonds is 8. The van der Waals surface area contributed by atoms with Gasteiger partial charge in [-0.25, -0.2) is 0 Å². The van der Waals surface area contributed by atoms with E-state index in [4.69, 9.17) is 10.3 Å². The van der Waals surface area contributed by atoms with E-state index in [1.807, 2.05) is 60.7 Å². The molecule has 6 nitrogen and oxygen atoms in total. The lowest BCUT2D eigenvalue weighted by Crippen LogP contribution is -2.39. The number of carbonyl (C=O) groups excluding carboxylic acids is 1. The Labute approximate surface area is 160 Å². The van der Waals surface area contributed by atoms with E-state index < -0.39 is 17.6 Å². The van der Waals surface area contributed by atoms with Gasteiger partial charge in [0.05, 0.1) is 0 Å². The first-order valence-corrected chi connectivity index (χ1v) is 8.94. The molecule has 2 aromatic rings. The second-order valence-electron chi connectivity index (χ2n) is 7.40. The minimum Gasteiger partial charge on any atom is -0.460 e. The number of carbonyl (C=O) groups is 1. The molecule has 1 atom stereocenters. The van der Waals surface area contributed by atoms with Gasteiger partial charge < -0.3 is 4.74 Å². The van der Waals surface area contributed by atoms with Crippen molar-refractivity contribution in [1.82, 2.24) is 4.90 Å². The lowest BCUT2D eigenvalue weighted by Gasteiger charge is -2.27. The monoisotopic (exact) mass is 366 g/mol. The Balaban J connectivity index is 2.19. The summed E-state index contributed by atoms with van der Waals surface area (Å²) in [5.41, 5.74) is 10.5. The van der Waals surface area contributed by atoms with Crippen LogP contribution in [-0.2, 0) is 22.6 Å². The molecule has 2 aromatic carbocycles. The number of hydrogen-bond acceptors (Lipinski definition) is 4. The van der Waals surface area contributed by atoms with Gasteiger partial charge in [-0.3, -0.25) is 9.69 Å². The quantitative estimate of drug-likeness (QED) is 0.294. The zero-order chi connectivity index (χ0) is 19.7. The number of hydrogen-bond donors (Lipinski definition) is 0. The van der Waals surface area contributed by atoms with Crippen molar-refractivity contribution < 1.29 is 9.53 Å². The summed E-state index contributed by atoms with van der Waals surface area (Å²) in [6.45, 7) is 6.94. The third-order valence-electron chi connectivity index (χ3n) is 3.80. The molecule has 0 bridgehead atoms. The van der Waals surface area contributed by atoms with Crippen LogP contribution in [0.5, 0.6) is 0 Å². The number of benzene rings is 2. The predicted octanol–water partition coefficient (Wildman–Crippen LogP) is 4.71. The predicted molar refractivity (Wildman–Crippen MR) is 106 cm³/mol. The van der Waals surface area contributed by atoms with E-state index in [2.05, 4.69) is 14.9 Å². The van der Waals surface area contributed by atoms with E-state index in [0.29, 0.717) is 13.1 Å². The molecule has 0 aliphatic heterocycles. The topological polar surface area (TPSA) is 78.3 Å². The van der Waals surface area contributed by atoms with Gasteiger partial charge in [-0.1, -0.05) is 65.8 Å². The highest BCUT2D eigenvalue weighted by Gasteiger charge is 2.26. The highest BCUT2D eigenvalue weighted by Crippen LogP contribution is 2.15. The Morgan fingerprint density at radius 2 is 1.52 bits per heavy atom. The number of ether oxygens (including phenoxy) is 1. The van der Waals surface area contributed by atoms with Crippen molar-refractivity contribution in [2.75, 3.05) is 6.54 Å². The normalized spacial score (nSPS) is 12.3. The average Bonchev–Trinajstić information content (AvgIpc) is 2.61. The fourth-order valence-electron chi connectivity index (χ4n) is 2.70. The molecule has 0 fully saturated rings. The molecular weight excluding hydrogens is 340 g/mol. The Morgan fingerprint density at radius 1 is 1.04 bits per heavy atom. The second-order valence-corrected chi connectivity index (χ2v) is 7.40.